The van der Waals surface area contributed by atoms with Crippen molar-refractivity contribution in [3.63, 3.8) is 0 Å². The van der Waals surface area contributed by atoms with Crippen molar-refractivity contribution in [3.8, 4) is 11.5 Å². The van der Waals surface area contributed by atoms with Crippen molar-refractivity contribution in [2.45, 2.75) is 25.2 Å². The molecule has 0 saturated carbocycles. The van der Waals surface area contributed by atoms with Gasteiger partial charge in [0.1, 0.15) is 6.61 Å². The molecule has 0 radical (unpaired) electrons. The van der Waals surface area contributed by atoms with Crippen molar-refractivity contribution in [1.29, 1.82) is 0 Å². The van der Waals surface area contributed by atoms with Crippen LogP contribution in [0.3, 0.4) is 0 Å². The highest BCUT2D eigenvalue weighted by molar-refractivity contribution is 9.08. The molecule has 0 atom stereocenters. The number of hydrogen-bond donors (Lipinski definition) is 0. The molecule has 0 aromatic heterocycles. The third-order valence-electron chi connectivity index (χ3n) is 3.49. The fourth-order valence-corrected chi connectivity index (χ4v) is 2.64. The highest BCUT2D eigenvalue weighted by Crippen LogP contribution is 2.30. The molecule has 0 aliphatic heterocycles. The van der Waals surface area contributed by atoms with Crippen LogP contribution in [0.2, 0.25) is 0 Å². The molecule has 0 aliphatic rings. The van der Waals surface area contributed by atoms with Crippen LogP contribution in [0.4, 0.5) is 0 Å². The number of carbonyl (C=O) groups excluding carboxylic acids is 1. The zero-order chi connectivity index (χ0) is 18.2. The van der Waals surface area contributed by atoms with Crippen LogP contribution in [0.1, 0.15) is 29.9 Å². The maximum atomic E-state index is 11.2. The highest BCUT2D eigenvalue weighted by Gasteiger charge is 2.11. The van der Waals surface area contributed by atoms with Gasteiger partial charge in [0.05, 0.1) is 0 Å². The van der Waals surface area contributed by atoms with Crippen molar-refractivity contribution in [1.82, 2.24) is 0 Å². The Bertz CT molecular complexity index is 695. The van der Waals surface area contributed by atoms with E-state index in [1.165, 1.54) is 6.92 Å². The van der Waals surface area contributed by atoms with Crippen molar-refractivity contribution >= 4 is 21.9 Å². The Morgan fingerprint density at radius 3 is 2.20 bits per heavy atom. The first-order valence-corrected chi connectivity index (χ1v) is 8.84. The lowest BCUT2D eigenvalue weighted by molar-refractivity contribution is -0.132. The third-order valence-corrected chi connectivity index (χ3v) is 4.14. The van der Waals surface area contributed by atoms with E-state index in [0.717, 1.165) is 16.7 Å². The van der Waals surface area contributed by atoms with Crippen molar-refractivity contribution in [3.05, 3.63) is 59.2 Å². The molecule has 6 heteroatoms. The lowest BCUT2D eigenvalue weighted by atomic mass is 10.1. The van der Waals surface area contributed by atoms with Crippen LogP contribution in [0, 0.1) is 0 Å². The minimum Gasteiger partial charge on any atom is -0.485 e. The van der Waals surface area contributed by atoms with Gasteiger partial charge in [-0.25, -0.2) is 0 Å². The molecular weight excluding hydrogens is 388 g/mol. The number of ether oxygens (including phenoxy) is 4. The Labute approximate surface area is 156 Å². The number of hydrogen-bond acceptors (Lipinski definition) is 5. The highest BCUT2D eigenvalue weighted by atomic mass is 79.9. The second kappa shape index (κ2) is 9.56. The molecule has 0 bridgehead atoms. The van der Waals surface area contributed by atoms with Gasteiger partial charge in [-0.05, 0) is 23.3 Å². The van der Waals surface area contributed by atoms with Gasteiger partial charge in [-0.1, -0.05) is 46.3 Å². The van der Waals surface area contributed by atoms with Crippen molar-refractivity contribution < 1.29 is 23.7 Å². The van der Waals surface area contributed by atoms with Crippen LogP contribution in [0.15, 0.2) is 42.5 Å². The van der Waals surface area contributed by atoms with E-state index in [1.807, 2.05) is 36.4 Å². The third kappa shape index (κ3) is 5.56. The van der Waals surface area contributed by atoms with Crippen LogP contribution < -0.4 is 9.47 Å². The number of halogens is 1. The van der Waals surface area contributed by atoms with Crippen molar-refractivity contribution in [2.24, 2.45) is 0 Å². The van der Waals surface area contributed by atoms with E-state index in [2.05, 4.69) is 15.9 Å². The second-order valence-electron chi connectivity index (χ2n) is 5.34. The molecule has 0 saturated heterocycles. The van der Waals surface area contributed by atoms with Gasteiger partial charge in [-0.2, -0.15) is 0 Å². The standard InChI is InChI=1S/C19H21BrO5/c1-13(21)25-17-9-6-15(11-20)10-18(17)24-12-14-4-7-16(8-5-14)19(22-2)23-3/h4-10,19H,11-12H2,1-3H3. The number of esters is 1. The maximum absolute atomic E-state index is 11.2. The van der Waals surface area contributed by atoms with Crippen molar-refractivity contribution in [2.75, 3.05) is 14.2 Å². The van der Waals surface area contributed by atoms with Gasteiger partial charge in [0.15, 0.2) is 17.8 Å². The number of rotatable bonds is 8. The minimum absolute atomic E-state index is 0.352. The zero-order valence-corrected chi connectivity index (χ0v) is 16.0. The number of alkyl halides is 1. The van der Waals surface area contributed by atoms with Gasteiger partial charge in [0.25, 0.3) is 0 Å². The predicted molar refractivity (Wildman–Crippen MR) is 97.9 cm³/mol. The molecule has 0 fully saturated rings. The molecule has 2 aromatic carbocycles. The van der Waals surface area contributed by atoms with Gasteiger partial charge >= 0.3 is 5.97 Å². The molecular formula is C19H21BrO5. The van der Waals surface area contributed by atoms with Crippen LogP contribution in [0.5, 0.6) is 11.5 Å². The van der Waals surface area contributed by atoms with Crippen LogP contribution >= 0.6 is 15.9 Å². The lowest BCUT2D eigenvalue weighted by Gasteiger charge is -2.15. The van der Waals surface area contributed by atoms with E-state index >= 15 is 0 Å². The number of carbonyl (C=O) groups is 1. The molecule has 25 heavy (non-hydrogen) atoms. The molecule has 0 aliphatic carbocycles. The Morgan fingerprint density at radius 2 is 1.64 bits per heavy atom. The van der Waals surface area contributed by atoms with Gasteiger partial charge in [-0.15, -0.1) is 0 Å². The molecule has 0 amide bonds. The molecule has 0 spiro atoms. The smallest absolute Gasteiger partial charge is 0.308 e. The Morgan fingerprint density at radius 1 is 1.00 bits per heavy atom. The van der Waals surface area contributed by atoms with Gasteiger partial charge in [0, 0.05) is 32.0 Å². The Balaban J connectivity index is 2.10. The molecule has 0 unspecified atom stereocenters. The Kier molecular flexibility index (Phi) is 7.43. The first-order chi connectivity index (χ1) is 12.1. The average molecular weight is 409 g/mol. The van der Waals surface area contributed by atoms with E-state index < -0.39 is 0 Å². The second-order valence-corrected chi connectivity index (χ2v) is 5.90. The van der Waals surface area contributed by atoms with Crippen LogP contribution in [-0.2, 0) is 26.2 Å². The largest absolute Gasteiger partial charge is 0.485 e. The summed E-state index contributed by atoms with van der Waals surface area (Å²) in [6.07, 6.45) is -0.388. The SMILES string of the molecule is COC(OC)c1ccc(COc2cc(CBr)ccc2OC(C)=O)cc1. The lowest BCUT2D eigenvalue weighted by Crippen LogP contribution is -2.05. The summed E-state index contributed by atoms with van der Waals surface area (Å²) in [5.41, 5.74) is 2.94. The summed E-state index contributed by atoms with van der Waals surface area (Å²) in [5, 5.41) is 0.688. The van der Waals surface area contributed by atoms with E-state index in [9.17, 15) is 4.79 Å². The fourth-order valence-electron chi connectivity index (χ4n) is 2.29. The fraction of sp³-hybridized carbons (Fsp3) is 0.316. The monoisotopic (exact) mass is 408 g/mol. The molecule has 0 N–H and O–H groups in total. The molecule has 134 valence electrons. The summed E-state index contributed by atoms with van der Waals surface area (Å²) in [7, 11) is 3.19. The predicted octanol–water partition coefficient (Wildman–Crippen LogP) is 4.38. The summed E-state index contributed by atoms with van der Waals surface area (Å²) in [6.45, 7) is 1.72. The summed E-state index contributed by atoms with van der Waals surface area (Å²) < 4.78 is 21.5. The summed E-state index contributed by atoms with van der Waals surface area (Å²) in [5.74, 6) is 0.557. The van der Waals surface area contributed by atoms with E-state index in [-0.39, 0.29) is 12.3 Å². The topological polar surface area (TPSA) is 54.0 Å². The molecule has 2 rings (SSSR count). The van der Waals surface area contributed by atoms with Gasteiger partial charge in [-0.3, -0.25) is 4.79 Å². The van der Waals surface area contributed by atoms with E-state index in [0.29, 0.717) is 23.4 Å². The van der Waals surface area contributed by atoms with Crippen LogP contribution in [0.25, 0.3) is 0 Å². The molecule has 0 heterocycles. The maximum Gasteiger partial charge on any atom is 0.308 e. The Hall–Kier alpha value is -1.89. The summed E-state index contributed by atoms with van der Waals surface area (Å²) in [4.78, 5) is 11.2. The average Bonchev–Trinajstić information content (AvgIpc) is 2.62. The number of methoxy groups -OCH3 is 2. The quantitative estimate of drug-likeness (QED) is 0.280. The normalized spacial score (nSPS) is 10.8. The summed E-state index contributed by atoms with van der Waals surface area (Å²) >= 11 is 3.41. The molecule has 5 nitrogen and oxygen atoms in total. The van der Waals surface area contributed by atoms with Crippen LogP contribution in [-0.4, -0.2) is 20.2 Å². The zero-order valence-electron chi connectivity index (χ0n) is 14.5. The number of benzene rings is 2. The minimum atomic E-state index is -0.388. The van der Waals surface area contributed by atoms with E-state index in [4.69, 9.17) is 18.9 Å². The summed E-state index contributed by atoms with van der Waals surface area (Å²) in [6, 6.07) is 13.2. The first kappa shape index (κ1) is 19.4. The molecule has 2 aromatic rings. The van der Waals surface area contributed by atoms with Gasteiger partial charge in [0.2, 0.25) is 0 Å². The van der Waals surface area contributed by atoms with E-state index in [1.54, 1.807) is 20.3 Å². The first-order valence-electron chi connectivity index (χ1n) is 7.72. The van der Waals surface area contributed by atoms with Gasteiger partial charge < -0.3 is 18.9 Å².